The normalized spacial score (nSPS) is 13.7. The molecule has 1 aromatic heterocycles. The van der Waals surface area contributed by atoms with Crippen LogP contribution >= 0.6 is 11.6 Å². The van der Waals surface area contributed by atoms with Gasteiger partial charge >= 0.3 is 0 Å². The summed E-state index contributed by atoms with van der Waals surface area (Å²) in [5.41, 5.74) is 4.17. The van der Waals surface area contributed by atoms with Gasteiger partial charge in [-0.25, -0.2) is 0 Å². The number of hydrogen-bond donors (Lipinski definition) is 2. The molecule has 0 spiro atoms. The van der Waals surface area contributed by atoms with Crippen LogP contribution in [0.3, 0.4) is 0 Å². The van der Waals surface area contributed by atoms with Crippen LogP contribution in [-0.2, 0) is 17.6 Å². The highest BCUT2D eigenvalue weighted by Crippen LogP contribution is 2.29. The monoisotopic (exact) mass is 337 g/mol. The smallest absolute Gasteiger partial charge is 0.229 e. The number of anilines is 1. The molecule has 0 unspecified atom stereocenters. The van der Waals surface area contributed by atoms with Crippen molar-refractivity contribution in [1.29, 1.82) is 0 Å². The summed E-state index contributed by atoms with van der Waals surface area (Å²) in [6, 6.07) is 17.5. The summed E-state index contributed by atoms with van der Waals surface area (Å²) in [6.45, 7) is 0. The van der Waals surface area contributed by atoms with Crippen molar-refractivity contribution in [2.45, 2.75) is 12.8 Å². The summed E-state index contributed by atoms with van der Waals surface area (Å²) < 4.78 is 0. The van der Waals surface area contributed by atoms with Crippen molar-refractivity contribution in [2.24, 2.45) is 5.92 Å². The number of aromatic amines is 1. The van der Waals surface area contributed by atoms with E-state index in [1.807, 2.05) is 36.4 Å². The molecule has 0 saturated carbocycles. The second-order valence-electron chi connectivity index (χ2n) is 6.01. The van der Waals surface area contributed by atoms with Gasteiger partial charge in [0.1, 0.15) is 0 Å². The molecule has 3 aromatic rings. The predicted molar refractivity (Wildman–Crippen MR) is 95.0 cm³/mol. The van der Waals surface area contributed by atoms with Crippen molar-refractivity contribution in [1.82, 2.24) is 10.2 Å². The van der Waals surface area contributed by atoms with Crippen molar-refractivity contribution in [3.8, 4) is 11.3 Å². The summed E-state index contributed by atoms with van der Waals surface area (Å²) in [6.07, 6.45) is 1.56. The minimum atomic E-state index is -0.0390. The van der Waals surface area contributed by atoms with Gasteiger partial charge in [-0.1, -0.05) is 54.1 Å². The highest BCUT2D eigenvalue weighted by atomic mass is 35.5. The van der Waals surface area contributed by atoms with Crippen LogP contribution < -0.4 is 5.32 Å². The zero-order valence-corrected chi connectivity index (χ0v) is 13.7. The summed E-state index contributed by atoms with van der Waals surface area (Å²) in [5.74, 6) is 0.483. The van der Waals surface area contributed by atoms with Gasteiger partial charge in [-0.05, 0) is 30.0 Å². The van der Waals surface area contributed by atoms with E-state index in [4.69, 9.17) is 11.6 Å². The SMILES string of the molecule is O=C(Nc1cc(-c2ccccc2Cl)[nH]n1)C1Cc2ccccc2C1. The topological polar surface area (TPSA) is 57.8 Å². The summed E-state index contributed by atoms with van der Waals surface area (Å²) >= 11 is 6.19. The number of halogens is 1. The molecule has 4 rings (SSSR count). The first-order valence-corrected chi connectivity index (χ1v) is 8.26. The zero-order valence-electron chi connectivity index (χ0n) is 12.9. The Balaban J connectivity index is 1.47. The largest absolute Gasteiger partial charge is 0.309 e. The van der Waals surface area contributed by atoms with Crippen LogP contribution in [-0.4, -0.2) is 16.1 Å². The number of nitrogens with zero attached hydrogens (tertiary/aromatic N) is 1. The molecule has 0 aliphatic heterocycles. The molecule has 2 N–H and O–H groups in total. The molecule has 0 fully saturated rings. The van der Waals surface area contributed by atoms with E-state index in [2.05, 4.69) is 27.6 Å². The van der Waals surface area contributed by atoms with Gasteiger partial charge < -0.3 is 5.32 Å². The van der Waals surface area contributed by atoms with Crippen molar-refractivity contribution in [2.75, 3.05) is 5.32 Å². The van der Waals surface area contributed by atoms with E-state index >= 15 is 0 Å². The Morgan fingerprint density at radius 3 is 2.46 bits per heavy atom. The standard InChI is InChI=1S/C19H16ClN3O/c20-16-8-4-3-7-15(16)17-11-18(23-22-17)21-19(24)14-9-12-5-1-2-6-13(12)10-14/h1-8,11,14H,9-10H2,(H2,21,22,23,24). The molecule has 120 valence electrons. The Labute approximate surface area is 144 Å². The Morgan fingerprint density at radius 1 is 1.08 bits per heavy atom. The molecular formula is C19H16ClN3O. The lowest BCUT2D eigenvalue weighted by Gasteiger charge is -2.07. The Morgan fingerprint density at radius 2 is 1.75 bits per heavy atom. The summed E-state index contributed by atoms with van der Waals surface area (Å²) in [5, 5.41) is 10.7. The van der Waals surface area contributed by atoms with E-state index in [1.54, 1.807) is 6.07 Å². The third-order valence-electron chi connectivity index (χ3n) is 4.41. The molecular weight excluding hydrogens is 322 g/mol. The number of benzene rings is 2. The van der Waals surface area contributed by atoms with E-state index in [-0.39, 0.29) is 11.8 Å². The van der Waals surface area contributed by atoms with Gasteiger partial charge in [0.25, 0.3) is 0 Å². The molecule has 24 heavy (non-hydrogen) atoms. The van der Waals surface area contributed by atoms with Crippen LogP contribution in [0.15, 0.2) is 54.6 Å². The van der Waals surface area contributed by atoms with Gasteiger partial charge in [-0.3, -0.25) is 9.89 Å². The minimum Gasteiger partial charge on any atom is -0.309 e. The van der Waals surface area contributed by atoms with E-state index in [1.165, 1.54) is 11.1 Å². The Kier molecular flexibility index (Phi) is 3.82. The molecule has 1 aliphatic carbocycles. The van der Waals surface area contributed by atoms with Crippen LogP contribution in [0.25, 0.3) is 11.3 Å². The van der Waals surface area contributed by atoms with Gasteiger partial charge in [-0.2, -0.15) is 5.10 Å². The second-order valence-corrected chi connectivity index (χ2v) is 6.42. The highest BCUT2D eigenvalue weighted by Gasteiger charge is 2.27. The lowest BCUT2D eigenvalue weighted by molar-refractivity contribution is -0.119. The van der Waals surface area contributed by atoms with Crippen LogP contribution in [0.2, 0.25) is 5.02 Å². The van der Waals surface area contributed by atoms with E-state index < -0.39 is 0 Å². The zero-order chi connectivity index (χ0) is 16.5. The molecule has 0 radical (unpaired) electrons. The number of aromatic nitrogens is 2. The maximum Gasteiger partial charge on any atom is 0.229 e. The van der Waals surface area contributed by atoms with Gasteiger partial charge in [0, 0.05) is 22.6 Å². The maximum absolute atomic E-state index is 12.5. The summed E-state index contributed by atoms with van der Waals surface area (Å²) in [4.78, 5) is 12.5. The minimum absolute atomic E-state index is 0.00316. The lowest BCUT2D eigenvalue weighted by atomic mass is 10.1. The number of nitrogens with one attached hydrogen (secondary N) is 2. The fraction of sp³-hybridized carbons (Fsp3) is 0.158. The van der Waals surface area contributed by atoms with Crippen LogP contribution in [0.1, 0.15) is 11.1 Å². The molecule has 1 amide bonds. The molecule has 1 aliphatic rings. The molecule has 0 atom stereocenters. The second kappa shape index (κ2) is 6.13. The fourth-order valence-corrected chi connectivity index (χ4v) is 3.41. The Bertz CT molecular complexity index is 878. The van der Waals surface area contributed by atoms with E-state index in [0.717, 1.165) is 24.1 Å². The molecule has 2 aromatic carbocycles. The predicted octanol–water partition coefficient (Wildman–Crippen LogP) is 4.08. The van der Waals surface area contributed by atoms with Crippen LogP contribution in [0, 0.1) is 5.92 Å². The first-order valence-electron chi connectivity index (χ1n) is 7.88. The highest BCUT2D eigenvalue weighted by molar-refractivity contribution is 6.33. The van der Waals surface area contributed by atoms with Gasteiger partial charge in [0.05, 0.1) is 5.69 Å². The van der Waals surface area contributed by atoms with Crippen LogP contribution in [0.4, 0.5) is 5.82 Å². The van der Waals surface area contributed by atoms with Crippen molar-refractivity contribution in [3.05, 3.63) is 70.7 Å². The quantitative estimate of drug-likeness (QED) is 0.756. The fourth-order valence-electron chi connectivity index (χ4n) is 3.18. The average molecular weight is 338 g/mol. The first kappa shape index (κ1) is 15.0. The van der Waals surface area contributed by atoms with Gasteiger partial charge in [0.2, 0.25) is 5.91 Å². The molecule has 4 nitrogen and oxygen atoms in total. The molecule has 1 heterocycles. The number of fused-ring (bicyclic) bond motifs is 1. The average Bonchev–Trinajstić information content (AvgIpc) is 3.22. The number of rotatable bonds is 3. The summed E-state index contributed by atoms with van der Waals surface area (Å²) in [7, 11) is 0. The van der Waals surface area contributed by atoms with Crippen molar-refractivity contribution >= 4 is 23.3 Å². The molecule has 5 heteroatoms. The number of H-pyrrole nitrogens is 1. The number of amides is 1. The first-order chi connectivity index (χ1) is 11.7. The van der Waals surface area contributed by atoms with E-state index in [9.17, 15) is 4.79 Å². The Hall–Kier alpha value is -2.59. The lowest BCUT2D eigenvalue weighted by Crippen LogP contribution is -2.23. The van der Waals surface area contributed by atoms with Crippen LogP contribution in [0.5, 0.6) is 0 Å². The third-order valence-corrected chi connectivity index (χ3v) is 4.74. The van der Waals surface area contributed by atoms with Crippen molar-refractivity contribution < 1.29 is 4.79 Å². The maximum atomic E-state index is 12.5. The van der Waals surface area contributed by atoms with E-state index in [0.29, 0.717) is 10.8 Å². The van der Waals surface area contributed by atoms with Crippen molar-refractivity contribution in [3.63, 3.8) is 0 Å². The number of carbonyl (C=O) groups is 1. The number of hydrogen-bond acceptors (Lipinski definition) is 2. The number of carbonyl (C=O) groups excluding carboxylic acids is 1. The van der Waals surface area contributed by atoms with Gasteiger partial charge in [-0.15, -0.1) is 0 Å². The van der Waals surface area contributed by atoms with Gasteiger partial charge in [0.15, 0.2) is 5.82 Å². The third kappa shape index (κ3) is 2.81. The molecule has 0 bridgehead atoms. The molecule has 0 saturated heterocycles.